The van der Waals surface area contributed by atoms with E-state index < -0.39 is 32.8 Å². The van der Waals surface area contributed by atoms with Crippen LogP contribution in [0.5, 0.6) is 5.75 Å². The number of unbranched alkanes of at least 4 members (excludes halogenated alkanes) is 1. The number of rotatable bonds is 10. The number of hydrogen-bond acceptors (Lipinski definition) is 9. The third-order valence-electron chi connectivity index (χ3n) is 6.69. The summed E-state index contributed by atoms with van der Waals surface area (Å²) in [4.78, 5) is 26.1. The Balaban J connectivity index is 1.20. The van der Waals surface area contributed by atoms with Gasteiger partial charge in [-0.05, 0) is 56.5 Å². The van der Waals surface area contributed by atoms with Crippen LogP contribution in [0, 0.1) is 5.82 Å². The van der Waals surface area contributed by atoms with Crippen LogP contribution in [-0.4, -0.2) is 61.4 Å². The SMILES string of the molecule is C[C@@H]1COP(=O)(CC(c2ccc(OCCCCN3C(=O)c4ccccc4C3=O)c(F)c2)P2(=O)OC[C@@H](C)O2)O1. The second-order valence-electron chi connectivity index (χ2n) is 9.83. The fourth-order valence-electron chi connectivity index (χ4n) is 4.77. The molecule has 3 unspecified atom stereocenters. The lowest BCUT2D eigenvalue weighted by Crippen LogP contribution is -2.30. The zero-order valence-electron chi connectivity index (χ0n) is 21.6. The molecule has 2 saturated heterocycles. The maximum Gasteiger partial charge on any atom is 0.339 e. The molecule has 13 heteroatoms. The van der Waals surface area contributed by atoms with Gasteiger partial charge >= 0.3 is 15.2 Å². The number of amides is 2. The van der Waals surface area contributed by atoms with Gasteiger partial charge < -0.3 is 22.8 Å². The first kappa shape index (κ1) is 28.1. The zero-order valence-corrected chi connectivity index (χ0v) is 23.4. The highest BCUT2D eigenvalue weighted by Crippen LogP contribution is 2.70. The first-order valence-electron chi connectivity index (χ1n) is 12.8. The normalized spacial score (nSPS) is 29.2. The smallest absolute Gasteiger partial charge is 0.339 e. The molecule has 210 valence electrons. The molecule has 3 aliphatic rings. The fourth-order valence-corrected chi connectivity index (χ4v) is 10.00. The lowest BCUT2D eigenvalue weighted by atomic mass is 10.1. The van der Waals surface area contributed by atoms with Crippen LogP contribution in [0.3, 0.4) is 0 Å². The van der Waals surface area contributed by atoms with E-state index in [0.717, 1.165) is 0 Å². The van der Waals surface area contributed by atoms with E-state index in [1.807, 2.05) is 0 Å². The number of halogens is 1. The minimum absolute atomic E-state index is 0.0215. The minimum Gasteiger partial charge on any atom is -0.491 e. The van der Waals surface area contributed by atoms with Crippen molar-refractivity contribution in [3.05, 3.63) is 65.0 Å². The molecule has 3 aliphatic heterocycles. The Morgan fingerprint density at radius 1 is 0.974 bits per heavy atom. The van der Waals surface area contributed by atoms with Crippen LogP contribution in [0.2, 0.25) is 0 Å². The molecular formula is C26H30FNO9P2. The Kier molecular flexibility index (Phi) is 8.11. The summed E-state index contributed by atoms with van der Waals surface area (Å²) < 4.78 is 69.2. The Morgan fingerprint density at radius 3 is 2.23 bits per heavy atom. The molecule has 0 N–H and O–H groups in total. The molecule has 3 heterocycles. The van der Waals surface area contributed by atoms with Gasteiger partial charge in [0.25, 0.3) is 11.8 Å². The van der Waals surface area contributed by atoms with E-state index in [9.17, 15) is 18.7 Å². The van der Waals surface area contributed by atoms with Crippen LogP contribution in [0.25, 0.3) is 0 Å². The van der Waals surface area contributed by atoms with Crippen LogP contribution < -0.4 is 4.74 Å². The molecule has 0 spiro atoms. The predicted molar refractivity (Wildman–Crippen MR) is 139 cm³/mol. The molecule has 5 atom stereocenters. The number of carbonyl (C=O) groups excluding carboxylic acids is 2. The summed E-state index contributed by atoms with van der Waals surface area (Å²) in [5.74, 6) is -1.36. The van der Waals surface area contributed by atoms with Gasteiger partial charge in [-0.3, -0.25) is 23.6 Å². The molecule has 0 aliphatic carbocycles. The Labute approximate surface area is 225 Å². The number of hydrogen-bond donors (Lipinski definition) is 0. The van der Waals surface area contributed by atoms with Gasteiger partial charge in [0.05, 0.1) is 55.0 Å². The van der Waals surface area contributed by atoms with Crippen molar-refractivity contribution >= 4 is 27.0 Å². The molecule has 5 rings (SSSR count). The predicted octanol–water partition coefficient (Wildman–Crippen LogP) is 5.58. The molecule has 0 saturated carbocycles. The van der Waals surface area contributed by atoms with E-state index in [-0.39, 0.29) is 61.8 Å². The van der Waals surface area contributed by atoms with Crippen LogP contribution in [-0.2, 0) is 27.2 Å². The lowest BCUT2D eigenvalue weighted by Gasteiger charge is -2.24. The van der Waals surface area contributed by atoms with E-state index in [4.69, 9.17) is 22.8 Å². The van der Waals surface area contributed by atoms with Crippen molar-refractivity contribution in [3.63, 3.8) is 0 Å². The molecular weight excluding hydrogens is 551 g/mol. The first-order chi connectivity index (χ1) is 18.6. The summed E-state index contributed by atoms with van der Waals surface area (Å²) in [5, 5.41) is 0. The summed E-state index contributed by atoms with van der Waals surface area (Å²) >= 11 is 0. The van der Waals surface area contributed by atoms with E-state index >= 15 is 4.39 Å². The number of nitrogens with zero attached hydrogens (tertiary/aromatic N) is 1. The number of carbonyl (C=O) groups is 2. The summed E-state index contributed by atoms with van der Waals surface area (Å²) in [5.41, 5.74) is 0.0108. The van der Waals surface area contributed by atoms with Gasteiger partial charge in [0.2, 0.25) is 0 Å². The van der Waals surface area contributed by atoms with Gasteiger partial charge in [0.15, 0.2) is 11.6 Å². The van der Waals surface area contributed by atoms with E-state index in [1.165, 1.54) is 23.1 Å². The molecule has 0 aromatic heterocycles. The minimum atomic E-state index is -3.78. The Morgan fingerprint density at radius 2 is 1.64 bits per heavy atom. The molecule has 2 amide bonds. The number of benzene rings is 2. The summed E-state index contributed by atoms with van der Waals surface area (Å²) in [6.07, 6.45) is -0.139. The second-order valence-corrected chi connectivity index (χ2v) is 14.1. The number of fused-ring (bicyclic) bond motifs is 1. The average molecular weight is 581 g/mol. The molecule has 39 heavy (non-hydrogen) atoms. The Bertz CT molecular complexity index is 1330. The summed E-state index contributed by atoms with van der Waals surface area (Å²) in [6, 6.07) is 10.8. The fraction of sp³-hybridized carbons (Fsp3) is 0.462. The molecule has 2 aromatic carbocycles. The highest BCUT2D eigenvalue weighted by molar-refractivity contribution is 7.58. The largest absolute Gasteiger partial charge is 0.491 e. The Hall–Kier alpha value is -2.39. The van der Waals surface area contributed by atoms with E-state index in [0.29, 0.717) is 24.0 Å². The first-order valence-corrected chi connectivity index (χ1v) is 16.1. The molecule has 0 bridgehead atoms. The summed E-state index contributed by atoms with van der Waals surface area (Å²) in [7, 11) is -7.37. The van der Waals surface area contributed by atoms with E-state index in [2.05, 4.69) is 0 Å². The summed E-state index contributed by atoms with van der Waals surface area (Å²) in [6.45, 7) is 4.04. The maximum atomic E-state index is 15.1. The van der Waals surface area contributed by atoms with Crippen LogP contribution >= 0.6 is 15.2 Å². The average Bonchev–Trinajstić information content (AvgIpc) is 3.52. The standard InChI is InChI=1S/C26H30FNO9P2/c1-17-14-34-38(31,36-17)16-24(39(32)35-15-18(2)37-39)19-9-10-23(22(27)13-19)33-12-6-5-11-28-25(29)20-7-3-4-8-21(20)26(28)30/h3-4,7-10,13,17-18,24H,5-6,11-12,14-16H2,1-2H3/t17-,18-,24?,38?,39?/m1/s1. The second kappa shape index (κ2) is 11.2. The topological polar surface area (TPSA) is 118 Å². The van der Waals surface area contributed by atoms with Crippen molar-refractivity contribution < 1.29 is 45.9 Å². The van der Waals surface area contributed by atoms with Gasteiger partial charge in [-0.25, -0.2) is 4.39 Å². The van der Waals surface area contributed by atoms with Gasteiger partial charge in [-0.1, -0.05) is 18.2 Å². The van der Waals surface area contributed by atoms with Gasteiger partial charge in [-0.2, -0.15) is 0 Å². The van der Waals surface area contributed by atoms with Crippen LogP contribution in [0.15, 0.2) is 42.5 Å². The quantitative estimate of drug-likeness (QED) is 0.201. The third kappa shape index (κ3) is 5.89. The monoisotopic (exact) mass is 581 g/mol. The van der Waals surface area contributed by atoms with Gasteiger partial charge in [-0.15, -0.1) is 0 Å². The van der Waals surface area contributed by atoms with E-state index in [1.54, 1.807) is 38.1 Å². The van der Waals surface area contributed by atoms with Crippen LogP contribution in [0.1, 0.15) is 58.6 Å². The maximum absolute atomic E-state index is 15.1. The van der Waals surface area contributed by atoms with Crippen molar-refractivity contribution in [2.45, 2.75) is 44.6 Å². The number of ether oxygens (including phenoxy) is 1. The van der Waals surface area contributed by atoms with Crippen molar-refractivity contribution in [2.24, 2.45) is 0 Å². The lowest BCUT2D eigenvalue weighted by molar-refractivity contribution is 0.0649. The molecule has 2 aromatic rings. The van der Waals surface area contributed by atoms with Crippen LogP contribution in [0.4, 0.5) is 4.39 Å². The van der Waals surface area contributed by atoms with Crippen molar-refractivity contribution in [1.82, 2.24) is 4.90 Å². The van der Waals surface area contributed by atoms with Crippen molar-refractivity contribution in [2.75, 3.05) is 32.5 Å². The number of imide groups is 1. The van der Waals surface area contributed by atoms with Gasteiger partial charge in [0.1, 0.15) is 0 Å². The van der Waals surface area contributed by atoms with Crippen molar-refractivity contribution in [3.8, 4) is 5.75 Å². The van der Waals surface area contributed by atoms with Gasteiger partial charge in [0, 0.05) is 6.54 Å². The zero-order chi connectivity index (χ0) is 27.8. The third-order valence-corrected chi connectivity index (χ3v) is 11.4. The highest BCUT2D eigenvalue weighted by Gasteiger charge is 2.49. The molecule has 0 radical (unpaired) electrons. The molecule has 10 nitrogen and oxygen atoms in total. The molecule has 2 fully saturated rings. The highest BCUT2D eigenvalue weighted by atomic mass is 31.2. The van der Waals surface area contributed by atoms with Crippen molar-refractivity contribution in [1.29, 1.82) is 0 Å².